The number of nitrogens with two attached hydrogens (primary N) is 1. The number of aliphatic hydroxyl groups is 1. The molecule has 0 aliphatic rings. The molecule has 0 aromatic rings. The molecule has 7 N–H and O–H groups in total. The molecule has 10 heteroatoms. The average Bonchev–Trinajstić information content (AvgIpc) is 2.41. The molecule has 132 valence electrons. The molecule has 0 rings (SSSR count). The Labute approximate surface area is 133 Å². The van der Waals surface area contributed by atoms with E-state index in [1.165, 1.54) is 13.8 Å². The van der Waals surface area contributed by atoms with Gasteiger partial charge in [-0.05, 0) is 26.2 Å². The number of primary amides is 1. The standard InChI is InChI=1S/C13H24N4O6/c1-7(18)10(16-8(2)19)12(21)17-9(11(14)20)5-3-4-6-15-13(22)23/h7,9-10,15,18H,3-6H2,1-2H3,(H2,14,20)(H,16,19)(H,17,21)(H,22,23)/t7-,9?,10-/m0/s1. The molecule has 4 amide bonds. The predicted octanol–water partition coefficient (Wildman–Crippen LogP) is -1.72. The van der Waals surface area contributed by atoms with Crippen molar-refractivity contribution in [2.75, 3.05) is 6.54 Å². The van der Waals surface area contributed by atoms with E-state index in [4.69, 9.17) is 10.8 Å². The molecule has 0 heterocycles. The van der Waals surface area contributed by atoms with Crippen molar-refractivity contribution >= 4 is 23.8 Å². The highest BCUT2D eigenvalue weighted by molar-refractivity contribution is 5.91. The lowest BCUT2D eigenvalue weighted by atomic mass is 10.1. The molecule has 0 bridgehead atoms. The Morgan fingerprint density at radius 1 is 1.13 bits per heavy atom. The molecular formula is C13H24N4O6. The normalized spacial score (nSPS) is 14.2. The first-order valence-electron chi connectivity index (χ1n) is 7.16. The van der Waals surface area contributed by atoms with Gasteiger partial charge in [0, 0.05) is 13.5 Å². The van der Waals surface area contributed by atoms with Crippen molar-refractivity contribution < 1.29 is 29.4 Å². The zero-order chi connectivity index (χ0) is 18.0. The summed E-state index contributed by atoms with van der Waals surface area (Å²) in [7, 11) is 0. The molecule has 0 aliphatic heterocycles. The Hall–Kier alpha value is -2.36. The van der Waals surface area contributed by atoms with Crippen molar-refractivity contribution in [3.63, 3.8) is 0 Å². The Kier molecular flexibility index (Phi) is 9.31. The van der Waals surface area contributed by atoms with Crippen LogP contribution in [0, 0.1) is 0 Å². The number of rotatable bonds is 10. The summed E-state index contributed by atoms with van der Waals surface area (Å²) in [6, 6.07) is -2.16. The zero-order valence-corrected chi connectivity index (χ0v) is 13.2. The van der Waals surface area contributed by atoms with Crippen LogP contribution >= 0.6 is 0 Å². The number of nitrogens with one attached hydrogen (secondary N) is 3. The summed E-state index contributed by atoms with van der Waals surface area (Å²) in [5.74, 6) is -1.97. The summed E-state index contributed by atoms with van der Waals surface area (Å²) in [4.78, 5) is 44.7. The minimum absolute atomic E-state index is 0.217. The lowest BCUT2D eigenvalue weighted by molar-refractivity contribution is -0.133. The third-order valence-corrected chi connectivity index (χ3v) is 2.98. The molecule has 3 atom stereocenters. The first-order chi connectivity index (χ1) is 10.6. The molecule has 0 radical (unpaired) electrons. The second kappa shape index (κ2) is 10.4. The second-order valence-corrected chi connectivity index (χ2v) is 5.11. The van der Waals surface area contributed by atoms with Crippen molar-refractivity contribution in [3.05, 3.63) is 0 Å². The summed E-state index contributed by atoms with van der Waals surface area (Å²) in [5, 5.41) is 24.8. The smallest absolute Gasteiger partial charge is 0.404 e. The van der Waals surface area contributed by atoms with Crippen LogP contribution in [-0.4, -0.2) is 58.8 Å². The molecule has 0 saturated carbocycles. The van der Waals surface area contributed by atoms with E-state index in [9.17, 15) is 24.3 Å². The van der Waals surface area contributed by atoms with Crippen LogP contribution in [0.2, 0.25) is 0 Å². The Balaban J connectivity index is 4.49. The van der Waals surface area contributed by atoms with E-state index in [1.807, 2.05) is 0 Å². The van der Waals surface area contributed by atoms with Gasteiger partial charge in [-0.1, -0.05) is 0 Å². The maximum absolute atomic E-state index is 12.0. The van der Waals surface area contributed by atoms with E-state index in [0.717, 1.165) is 0 Å². The van der Waals surface area contributed by atoms with Gasteiger partial charge in [-0.25, -0.2) is 4.79 Å². The van der Waals surface area contributed by atoms with Crippen molar-refractivity contribution in [1.29, 1.82) is 0 Å². The van der Waals surface area contributed by atoms with Gasteiger partial charge >= 0.3 is 6.09 Å². The lowest BCUT2D eigenvalue weighted by Crippen LogP contribution is -2.56. The van der Waals surface area contributed by atoms with Crippen LogP contribution < -0.4 is 21.7 Å². The first kappa shape index (κ1) is 20.6. The summed E-state index contributed by atoms with van der Waals surface area (Å²) < 4.78 is 0. The van der Waals surface area contributed by atoms with Crippen LogP contribution in [0.3, 0.4) is 0 Å². The molecule has 23 heavy (non-hydrogen) atoms. The molecule has 0 spiro atoms. The largest absolute Gasteiger partial charge is 0.465 e. The van der Waals surface area contributed by atoms with Crippen LogP contribution in [0.25, 0.3) is 0 Å². The van der Waals surface area contributed by atoms with Gasteiger partial charge < -0.3 is 31.9 Å². The number of aliphatic hydroxyl groups excluding tert-OH is 1. The fourth-order valence-corrected chi connectivity index (χ4v) is 1.84. The maximum atomic E-state index is 12.0. The maximum Gasteiger partial charge on any atom is 0.404 e. The van der Waals surface area contributed by atoms with E-state index in [0.29, 0.717) is 12.8 Å². The van der Waals surface area contributed by atoms with Crippen molar-refractivity contribution in [1.82, 2.24) is 16.0 Å². The number of hydrogen-bond acceptors (Lipinski definition) is 5. The first-order valence-corrected chi connectivity index (χ1v) is 7.16. The van der Waals surface area contributed by atoms with Gasteiger partial charge in [0.1, 0.15) is 12.1 Å². The quantitative estimate of drug-likeness (QED) is 0.260. The van der Waals surface area contributed by atoms with Gasteiger partial charge in [-0.2, -0.15) is 0 Å². The van der Waals surface area contributed by atoms with Crippen molar-refractivity contribution in [3.8, 4) is 0 Å². The number of unbranched alkanes of at least 4 members (excludes halogenated alkanes) is 1. The Morgan fingerprint density at radius 2 is 1.74 bits per heavy atom. The predicted molar refractivity (Wildman–Crippen MR) is 80.3 cm³/mol. The lowest BCUT2D eigenvalue weighted by Gasteiger charge is -2.23. The second-order valence-electron chi connectivity index (χ2n) is 5.11. The van der Waals surface area contributed by atoms with Gasteiger partial charge in [0.05, 0.1) is 6.10 Å². The summed E-state index contributed by atoms with van der Waals surface area (Å²) in [6.45, 7) is 2.75. The van der Waals surface area contributed by atoms with Gasteiger partial charge in [-0.15, -0.1) is 0 Å². The summed E-state index contributed by atoms with van der Waals surface area (Å²) >= 11 is 0. The van der Waals surface area contributed by atoms with E-state index in [2.05, 4.69) is 16.0 Å². The number of carbonyl (C=O) groups is 4. The number of amides is 4. The van der Waals surface area contributed by atoms with Crippen LogP contribution in [0.1, 0.15) is 33.1 Å². The fourth-order valence-electron chi connectivity index (χ4n) is 1.84. The molecule has 0 aliphatic carbocycles. The molecule has 0 aromatic heterocycles. The van der Waals surface area contributed by atoms with Gasteiger partial charge in [-0.3, -0.25) is 14.4 Å². The van der Waals surface area contributed by atoms with E-state index >= 15 is 0 Å². The highest BCUT2D eigenvalue weighted by Gasteiger charge is 2.27. The Bertz CT molecular complexity index is 440. The minimum Gasteiger partial charge on any atom is -0.465 e. The molecule has 1 unspecified atom stereocenters. The number of hydrogen-bond donors (Lipinski definition) is 6. The SMILES string of the molecule is CC(=O)N[C@H](C(=O)NC(CCCCNC(=O)O)C(N)=O)[C@H](C)O. The van der Waals surface area contributed by atoms with Crippen LogP contribution in [-0.2, 0) is 14.4 Å². The molecule has 0 aromatic carbocycles. The van der Waals surface area contributed by atoms with Gasteiger partial charge in [0.15, 0.2) is 0 Å². The monoisotopic (exact) mass is 332 g/mol. The van der Waals surface area contributed by atoms with E-state index in [1.54, 1.807) is 0 Å². The van der Waals surface area contributed by atoms with Gasteiger partial charge in [0.25, 0.3) is 0 Å². The number of carboxylic acid groups (broad SMARTS) is 1. The molecule has 0 fully saturated rings. The molecule has 0 saturated heterocycles. The average molecular weight is 332 g/mol. The third-order valence-electron chi connectivity index (χ3n) is 2.98. The highest BCUT2D eigenvalue weighted by Crippen LogP contribution is 2.02. The molecular weight excluding hydrogens is 308 g/mol. The van der Waals surface area contributed by atoms with E-state index < -0.39 is 42.0 Å². The zero-order valence-electron chi connectivity index (χ0n) is 13.2. The van der Waals surface area contributed by atoms with Gasteiger partial charge in [0.2, 0.25) is 17.7 Å². The van der Waals surface area contributed by atoms with Crippen LogP contribution in [0.4, 0.5) is 4.79 Å². The number of carbonyl (C=O) groups excluding carboxylic acids is 3. The minimum atomic E-state index is -1.19. The third kappa shape index (κ3) is 9.30. The molecule has 10 nitrogen and oxygen atoms in total. The Morgan fingerprint density at radius 3 is 2.17 bits per heavy atom. The van der Waals surface area contributed by atoms with Crippen molar-refractivity contribution in [2.45, 2.75) is 51.3 Å². The van der Waals surface area contributed by atoms with Crippen LogP contribution in [0.15, 0.2) is 0 Å². The summed E-state index contributed by atoms with van der Waals surface area (Å²) in [5.41, 5.74) is 5.21. The topological polar surface area (TPSA) is 171 Å². The van der Waals surface area contributed by atoms with Crippen molar-refractivity contribution in [2.24, 2.45) is 5.73 Å². The fraction of sp³-hybridized carbons (Fsp3) is 0.692. The summed E-state index contributed by atoms with van der Waals surface area (Å²) in [6.07, 6.45) is -1.15. The highest BCUT2D eigenvalue weighted by atomic mass is 16.4. The van der Waals surface area contributed by atoms with E-state index in [-0.39, 0.29) is 13.0 Å². The van der Waals surface area contributed by atoms with Crippen LogP contribution in [0.5, 0.6) is 0 Å².